The van der Waals surface area contributed by atoms with Crippen molar-refractivity contribution in [2.75, 3.05) is 0 Å². The molecule has 4 aromatic rings. The van der Waals surface area contributed by atoms with Gasteiger partial charge >= 0.3 is 0 Å². The maximum atomic E-state index is 9.50. The quantitative estimate of drug-likeness (QED) is 0.386. The monoisotopic (exact) mass is 392 g/mol. The van der Waals surface area contributed by atoms with E-state index in [4.69, 9.17) is 9.47 Å². The number of hydrogen-bond donors (Lipinski definition) is 0. The first-order valence-corrected chi connectivity index (χ1v) is 9.64. The van der Waals surface area contributed by atoms with Gasteiger partial charge in [0.2, 0.25) is 0 Å². The van der Waals surface area contributed by atoms with Crippen LogP contribution in [-0.4, -0.2) is 4.98 Å². The smallest absolute Gasteiger partial charge is 0.182 e. The lowest BCUT2D eigenvalue weighted by Crippen LogP contribution is -2.02. The summed E-state index contributed by atoms with van der Waals surface area (Å²) < 4.78 is 12.0. The van der Waals surface area contributed by atoms with Crippen molar-refractivity contribution < 1.29 is 9.47 Å². The molecule has 0 atom stereocenters. The summed E-state index contributed by atoms with van der Waals surface area (Å²) in [7, 11) is 0. The van der Waals surface area contributed by atoms with E-state index in [0.29, 0.717) is 12.4 Å². The number of pyridine rings is 1. The highest BCUT2D eigenvalue weighted by Crippen LogP contribution is 2.34. The fourth-order valence-electron chi connectivity index (χ4n) is 3.21. The van der Waals surface area contributed by atoms with Crippen LogP contribution in [0.15, 0.2) is 91.1 Å². The lowest BCUT2D eigenvalue weighted by atomic mass is 10.0. The number of ether oxygens (including phenoxy) is 2. The van der Waals surface area contributed by atoms with E-state index in [-0.39, 0.29) is 5.69 Å². The van der Waals surface area contributed by atoms with Crippen molar-refractivity contribution in [2.24, 2.45) is 0 Å². The first-order valence-electron chi connectivity index (χ1n) is 9.64. The van der Waals surface area contributed by atoms with Crippen LogP contribution in [0, 0.1) is 18.3 Å². The number of nitrogens with zero attached hydrogens (tertiary/aromatic N) is 2. The molecule has 0 N–H and O–H groups in total. The number of para-hydroxylation sites is 1. The number of nitriles is 1. The molecule has 0 amide bonds. The second-order valence-corrected chi connectivity index (χ2v) is 6.80. The molecule has 0 bridgehead atoms. The van der Waals surface area contributed by atoms with E-state index in [2.05, 4.69) is 11.1 Å². The van der Waals surface area contributed by atoms with Gasteiger partial charge in [0.1, 0.15) is 24.2 Å². The van der Waals surface area contributed by atoms with Crippen LogP contribution in [-0.2, 0) is 6.61 Å². The van der Waals surface area contributed by atoms with Crippen LogP contribution in [0.4, 0.5) is 0 Å². The van der Waals surface area contributed by atoms with Crippen LogP contribution < -0.4 is 9.47 Å². The van der Waals surface area contributed by atoms with Crippen molar-refractivity contribution in [2.45, 2.75) is 13.5 Å². The normalized spacial score (nSPS) is 10.3. The minimum atomic E-state index is 0.281. The molecule has 4 heteroatoms. The van der Waals surface area contributed by atoms with Gasteiger partial charge < -0.3 is 9.47 Å². The Morgan fingerprint density at radius 1 is 0.867 bits per heavy atom. The molecule has 0 saturated carbocycles. The topological polar surface area (TPSA) is 55.1 Å². The maximum absolute atomic E-state index is 9.50. The summed E-state index contributed by atoms with van der Waals surface area (Å²) in [5.74, 6) is 2.01. The van der Waals surface area contributed by atoms with Gasteiger partial charge in [0, 0.05) is 17.3 Å². The van der Waals surface area contributed by atoms with Crippen molar-refractivity contribution >= 4 is 0 Å². The zero-order chi connectivity index (χ0) is 20.8. The third kappa shape index (κ3) is 4.31. The molecule has 4 nitrogen and oxygen atoms in total. The van der Waals surface area contributed by atoms with Gasteiger partial charge in [-0.2, -0.15) is 5.26 Å². The average molecular weight is 392 g/mol. The summed E-state index contributed by atoms with van der Waals surface area (Å²) in [6.45, 7) is 2.32. The Morgan fingerprint density at radius 3 is 2.30 bits per heavy atom. The molecule has 4 rings (SSSR count). The minimum Gasteiger partial charge on any atom is -0.486 e. The number of aromatic nitrogens is 1. The highest BCUT2D eigenvalue weighted by Gasteiger charge is 2.15. The molecule has 30 heavy (non-hydrogen) atoms. The molecular weight excluding hydrogens is 372 g/mol. The van der Waals surface area contributed by atoms with Crippen LogP contribution in [0.25, 0.3) is 11.1 Å². The fraction of sp³-hybridized carbons (Fsp3) is 0.0769. The molecule has 0 radical (unpaired) electrons. The zero-order valence-electron chi connectivity index (χ0n) is 16.6. The van der Waals surface area contributed by atoms with Gasteiger partial charge in [-0.1, -0.05) is 60.7 Å². The summed E-state index contributed by atoms with van der Waals surface area (Å²) in [5.41, 5.74) is 4.03. The number of hydrogen-bond acceptors (Lipinski definition) is 4. The van der Waals surface area contributed by atoms with Gasteiger partial charge in [-0.15, -0.1) is 0 Å². The third-order valence-corrected chi connectivity index (χ3v) is 4.74. The van der Waals surface area contributed by atoms with Crippen molar-refractivity contribution in [3.63, 3.8) is 0 Å². The summed E-state index contributed by atoms with van der Waals surface area (Å²) in [4.78, 5) is 4.33. The second kappa shape index (κ2) is 8.93. The van der Waals surface area contributed by atoms with Crippen molar-refractivity contribution in [1.82, 2.24) is 4.98 Å². The molecule has 1 heterocycles. The van der Waals surface area contributed by atoms with E-state index in [1.54, 1.807) is 6.20 Å². The van der Waals surface area contributed by atoms with E-state index in [1.807, 2.05) is 91.9 Å². The molecule has 0 aliphatic carbocycles. The van der Waals surface area contributed by atoms with Gasteiger partial charge in [-0.25, -0.2) is 4.98 Å². The summed E-state index contributed by atoms with van der Waals surface area (Å²) in [5, 5.41) is 9.50. The predicted molar refractivity (Wildman–Crippen MR) is 116 cm³/mol. The van der Waals surface area contributed by atoms with Gasteiger partial charge in [0.15, 0.2) is 11.4 Å². The molecule has 0 saturated heterocycles. The van der Waals surface area contributed by atoms with Gasteiger partial charge in [0.25, 0.3) is 0 Å². The van der Waals surface area contributed by atoms with Gasteiger partial charge in [0.05, 0.1) is 0 Å². The van der Waals surface area contributed by atoms with Gasteiger partial charge in [-0.05, 0) is 42.3 Å². The van der Waals surface area contributed by atoms with E-state index in [9.17, 15) is 5.26 Å². The summed E-state index contributed by atoms with van der Waals surface area (Å²) in [6.07, 6.45) is 1.71. The number of rotatable bonds is 6. The van der Waals surface area contributed by atoms with Gasteiger partial charge in [-0.3, -0.25) is 0 Å². The molecule has 0 aliphatic rings. The molecule has 3 aromatic carbocycles. The van der Waals surface area contributed by atoms with Crippen LogP contribution in [0.2, 0.25) is 0 Å². The van der Waals surface area contributed by atoms with Crippen LogP contribution >= 0.6 is 0 Å². The molecule has 0 aliphatic heterocycles. The van der Waals surface area contributed by atoms with E-state index in [0.717, 1.165) is 33.8 Å². The molecule has 1 aromatic heterocycles. The zero-order valence-corrected chi connectivity index (χ0v) is 16.6. The fourth-order valence-corrected chi connectivity index (χ4v) is 3.21. The van der Waals surface area contributed by atoms with Crippen LogP contribution in [0.1, 0.15) is 16.8 Å². The lowest BCUT2D eigenvalue weighted by molar-refractivity contribution is 0.302. The van der Waals surface area contributed by atoms with Crippen molar-refractivity contribution in [1.29, 1.82) is 5.26 Å². The molecular formula is C26H20N2O2. The SMILES string of the molecule is Cc1c(-c2cccc(Oc3ccccc3)c2)cnc(C#N)c1OCc1ccccc1. The van der Waals surface area contributed by atoms with E-state index < -0.39 is 0 Å². The number of benzene rings is 3. The van der Waals surface area contributed by atoms with Crippen molar-refractivity contribution in [3.05, 3.63) is 108 Å². The molecule has 0 fully saturated rings. The standard InChI is InChI=1S/C26H20N2O2/c1-19-24(21-11-8-14-23(15-21)30-22-12-6-3-7-13-22)17-28-25(16-27)26(19)29-18-20-9-4-2-5-10-20/h2-15,17H,18H2,1H3. The minimum absolute atomic E-state index is 0.281. The Morgan fingerprint density at radius 2 is 1.57 bits per heavy atom. The summed E-state index contributed by atoms with van der Waals surface area (Å²) in [6, 6.07) is 29.5. The lowest BCUT2D eigenvalue weighted by Gasteiger charge is -2.15. The Labute approximate surface area is 176 Å². The van der Waals surface area contributed by atoms with Crippen LogP contribution in [0.3, 0.4) is 0 Å². The maximum Gasteiger partial charge on any atom is 0.182 e. The Kier molecular flexibility index (Phi) is 5.73. The molecule has 0 unspecified atom stereocenters. The summed E-state index contributed by atoms with van der Waals surface area (Å²) >= 11 is 0. The molecule has 146 valence electrons. The van der Waals surface area contributed by atoms with E-state index in [1.165, 1.54) is 0 Å². The Bertz CT molecular complexity index is 1180. The largest absolute Gasteiger partial charge is 0.486 e. The highest BCUT2D eigenvalue weighted by atomic mass is 16.5. The molecule has 0 spiro atoms. The predicted octanol–water partition coefficient (Wildman–Crippen LogP) is 6.30. The van der Waals surface area contributed by atoms with E-state index >= 15 is 0 Å². The Hall–Kier alpha value is -4.10. The Balaban J connectivity index is 1.64. The third-order valence-electron chi connectivity index (χ3n) is 4.74. The second-order valence-electron chi connectivity index (χ2n) is 6.80. The first-order chi connectivity index (χ1) is 14.7. The highest BCUT2D eigenvalue weighted by molar-refractivity contribution is 5.71. The van der Waals surface area contributed by atoms with Crippen molar-refractivity contribution in [3.8, 4) is 34.4 Å². The average Bonchev–Trinajstić information content (AvgIpc) is 2.79. The first kappa shape index (κ1) is 19.2. The van der Waals surface area contributed by atoms with Crippen LogP contribution in [0.5, 0.6) is 17.2 Å².